The van der Waals surface area contributed by atoms with Crippen molar-refractivity contribution in [3.05, 3.63) is 80.8 Å². The number of rotatable bonds is 10. The highest BCUT2D eigenvalue weighted by Gasteiger charge is 2.30. The Labute approximate surface area is 290 Å². The molecule has 2 saturated heterocycles. The van der Waals surface area contributed by atoms with E-state index in [2.05, 4.69) is 78.1 Å². The second-order valence-electron chi connectivity index (χ2n) is 13.4. The molecule has 0 spiro atoms. The van der Waals surface area contributed by atoms with Gasteiger partial charge in [0, 0.05) is 11.8 Å². The third-order valence-electron chi connectivity index (χ3n) is 10.00. The van der Waals surface area contributed by atoms with E-state index < -0.39 is 0 Å². The highest BCUT2D eigenvalue weighted by molar-refractivity contribution is 7.15. The molecule has 3 aliphatic rings. The molecule has 48 heavy (non-hydrogen) atoms. The van der Waals surface area contributed by atoms with E-state index in [1.165, 1.54) is 33.8 Å². The number of hydrogen-bond donors (Lipinski definition) is 4. The summed E-state index contributed by atoms with van der Waals surface area (Å²) in [6.07, 6.45) is 9.19. The lowest BCUT2D eigenvalue weighted by molar-refractivity contribution is -0.116. The van der Waals surface area contributed by atoms with Crippen LogP contribution in [0.4, 0.5) is 10.3 Å². The molecule has 0 bridgehead atoms. The van der Waals surface area contributed by atoms with Crippen LogP contribution >= 0.6 is 22.7 Å². The Morgan fingerprint density at radius 3 is 1.54 bits per heavy atom. The number of amides is 2. The third-order valence-corrected chi connectivity index (χ3v) is 12.0. The molecule has 1 aliphatic carbocycles. The number of piperidine rings is 2. The van der Waals surface area contributed by atoms with Gasteiger partial charge in [0.05, 0.1) is 12.8 Å². The lowest BCUT2D eigenvalue weighted by Crippen LogP contribution is -2.26. The summed E-state index contributed by atoms with van der Waals surface area (Å²) < 4.78 is 0. The van der Waals surface area contributed by atoms with Gasteiger partial charge in [0.25, 0.3) is 0 Å². The van der Waals surface area contributed by atoms with Crippen LogP contribution in [0.5, 0.6) is 0 Å². The van der Waals surface area contributed by atoms with E-state index in [0.29, 0.717) is 34.9 Å². The fourth-order valence-electron chi connectivity index (χ4n) is 7.46. The zero-order valence-electron chi connectivity index (χ0n) is 27.2. The van der Waals surface area contributed by atoms with E-state index in [1.54, 1.807) is 0 Å². The highest BCUT2D eigenvalue weighted by Crippen LogP contribution is 2.43. The Kier molecular flexibility index (Phi) is 10.8. The number of hydrogen-bond acceptors (Lipinski definition) is 10. The molecule has 2 amide bonds. The monoisotopic (exact) mass is 684 g/mol. The minimum atomic E-state index is -0.0698. The fourth-order valence-corrected chi connectivity index (χ4v) is 9.27. The molecular weight excluding hydrogens is 641 g/mol. The van der Waals surface area contributed by atoms with Crippen LogP contribution in [0.2, 0.25) is 0 Å². The normalized spacial score (nSPS) is 20.8. The van der Waals surface area contributed by atoms with Crippen molar-refractivity contribution in [2.24, 2.45) is 0 Å². The first-order chi connectivity index (χ1) is 23.6. The lowest BCUT2D eigenvalue weighted by Gasteiger charge is -2.25. The molecule has 3 fully saturated rings. The van der Waals surface area contributed by atoms with Crippen molar-refractivity contribution in [3.63, 3.8) is 0 Å². The van der Waals surface area contributed by atoms with E-state index in [0.717, 1.165) is 98.7 Å². The Morgan fingerprint density at radius 1 is 0.625 bits per heavy atom. The predicted molar refractivity (Wildman–Crippen MR) is 191 cm³/mol. The van der Waals surface area contributed by atoms with E-state index in [1.807, 2.05) is 12.1 Å². The molecule has 252 valence electrons. The second kappa shape index (κ2) is 15.8. The molecule has 2 aromatic carbocycles. The number of nitrogens with one attached hydrogen (secondary N) is 4. The van der Waals surface area contributed by atoms with Gasteiger partial charge < -0.3 is 21.3 Å². The molecule has 7 rings (SSSR count). The van der Waals surface area contributed by atoms with E-state index in [4.69, 9.17) is 0 Å². The van der Waals surface area contributed by atoms with E-state index in [-0.39, 0.29) is 23.7 Å². The largest absolute Gasteiger partial charge is 0.317 e. The minimum absolute atomic E-state index is 0.0698. The molecule has 10 nitrogen and oxygen atoms in total. The van der Waals surface area contributed by atoms with Gasteiger partial charge in [0.15, 0.2) is 0 Å². The van der Waals surface area contributed by atoms with Crippen LogP contribution in [0.3, 0.4) is 0 Å². The number of aromatic nitrogens is 4. The molecule has 2 aromatic heterocycles. The molecule has 0 radical (unpaired) electrons. The van der Waals surface area contributed by atoms with Crippen molar-refractivity contribution < 1.29 is 9.59 Å². The summed E-state index contributed by atoms with van der Waals surface area (Å²) in [6.45, 7) is 4.19. The summed E-state index contributed by atoms with van der Waals surface area (Å²) in [7, 11) is 0. The van der Waals surface area contributed by atoms with Crippen LogP contribution < -0.4 is 21.3 Å². The number of nitrogens with zero attached hydrogens (tertiary/aromatic N) is 4. The maximum Gasteiger partial charge on any atom is 0.230 e. The average molecular weight is 685 g/mol. The molecule has 4 heterocycles. The molecule has 12 heteroatoms. The van der Waals surface area contributed by atoms with Gasteiger partial charge in [-0.3, -0.25) is 9.59 Å². The van der Waals surface area contributed by atoms with Crippen LogP contribution in [0, 0.1) is 0 Å². The molecule has 2 atom stereocenters. The predicted octanol–water partition coefficient (Wildman–Crippen LogP) is 6.13. The maximum atomic E-state index is 12.9. The minimum Gasteiger partial charge on any atom is -0.317 e. The van der Waals surface area contributed by atoms with Gasteiger partial charge in [-0.05, 0) is 105 Å². The average Bonchev–Trinajstić information content (AvgIpc) is 3.79. The Balaban J connectivity index is 0.903. The molecule has 2 aliphatic heterocycles. The summed E-state index contributed by atoms with van der Waals surface area (Å²) >= 11 is 2.94. The first kappa shape index (κ1) is 32.9. The van der Waals surface area contributed by atoms with Crippen LogP contribution in [-0.4, -0.2) is 58.4 Å². The number of anilines is 2. The van der Waals surface area contributed by atoms with Gasteiger partial charge in [0.2, 0.25) is 22.1 Å². The zero-order chi connectivity index (χ0) is 32.7. The van der Waals surface area contributed by atoms with Gasteiger partial charge in [-0.25, -0.2) is 0 Å². The van der Waals surface area contributed by atoms with Gasteiger partial charge in [0.1, 0.15) is 10.0 Å². The number of benzene rings is 2. The zero-order valence-corrected chi connectivity index (χ0v) is 28.9. The van der Waals surface area contributed by atoms with Crippen molar-refractivity contribution in [2.75, 3.05) is 36.8 Å². The molecule has 1 saturated carbocycles. The van der Waals surface area contributed by atoms with Crippen molar-refractivity contribution in [2.45, 2.75) is 87.9 Å². The van der Waals surface area contributed by atoms with Gasteiger partial charge in [-0.1, -0.05) is 77.6 Å². The van der Waals surface area contributed by atoms with Gasteiger partial charge in [-0.2, -0.15) is 0 Å². The summed E-state index contributed by atoms with van der Waals surface area (Å²) in [6, 6.07) is 16.9. The lowest BCUT2D eigenvalue weighted by atomic mass is 9.82. The van der Waals surface area contributed by atoms with Crippen LogP contribution in [-0.2, 0) is 22.4 Å². The van der Waals surface area contributed by atoms with Crippen LogP contribution in [0.15, 0.2) is 48.5 Å². The summed E-state index contributed by atoms with van der Waals surface area (Å²) in [5, 5.41) is 33.4. The standard InChI is InChI=1S/C36H44N8O2S2/c45-31(20-23-4-1-6-27(18-23)25-10-14-37-15-11-25)39-35-43-41-33(47-35)29-8-3-9-30(22-29)34-42-44-36(48-34)40-32(46)21-24-5-2-7-28(19-24)26-12-16-38-17-13-26/h1-2,4-7,18-19,25-26,29-30,37-38H,3,8-17,20-22H2,(H,39,43,45)(H,40,44,46)/t29-,30-/m0/s1. The van der Waals surface area contributed by atoms with Crippen molar-refractivity contribution in [1.82, 2.24) is 31.0 Å². The van der Waals surface area contributed by atoms with Gasteiger partial charge in [-0.15, -0.1) is 20.4 Å². The van der Waals surface area contributed by atoms with Gasteiger partial charge >= 0.3 is 0 Å². The first-order valence-corrected chi connectivity index (χ1v) is 19.0. The Bertz CT molecular complexity index is 1570. The quantitative estimate of drug-likeness (QED) is 0.157. The fraction of sp³-hybridized carbons (Fsp3) is 0.500. The van der Waals surface area contributed by atoms with Crippen LogP contribution in [0.1, 0.15) is 107 Å². The Hall–Kier alpha value is -3.58. The highest BCUT2D eigenvalue weighted by atomic mass is 32.1. The van der Waals surface area contributed by atoms with E-state index in [9.17, 15) is 9.59 Å². The SMILES string of the molecule is O=C(Cc1cccc(C2CCNCC2)c1)Nc1nnc([C@H]2CCC[C@H](c3nnc(NC(=O)Cc4cccc(C5CCNCC5)c4)s3)C2)s1. The first-order valence-electron chi connectivity index (χ1n) is 17.4. The van der Waals surface area contributed by atoms with Crippen molar-refractivity contribution in [3.8, 4) is 0 Å². The summed E-state index contributed by atoms with van der Waals surface area (Å²) in [5.74, 6) is 1.48. The number of carbonyl (C=O) groups is 2. The Morgan fingerprint density at radius 2 is 1.08 bits per heavy atom. The molecular formula is C36H44N8O2S2. The van der Waals surface area contributed by atoms with Crippen molar-refractivity contribution in [1.29, 1.82) is 0 Å². The molecule has 4 aromatic rings. The second-order valence-corrected chi connectivity index (χ2v) is 15.5. The third kappa shape index (κ3) is 8.52. The maximum absolute atomic E-state index is 12.9. The van der Waals surface area contributed by atoms with E-state index >= 15 is 0 Å². The van der Waals surface area contributed by atoms with Crippen molar-refractivity contribution >= 4 is 44.8 Å². The molecule has 0 unspecified atom stereocenters. The topological polar surface area (TPSA) is 134 Å². The smallest absolute Gasteiger partial charge is 0.230 e. The molecule has 4 N–H and O–H groups in total. The summed E-state index contributed by atoms with van der Waals surface area (Å²) in [5.41, 5.74) is 4.70. The number of carbonyl (C=O) groups excluding carboxylic acids is 2. The van der Waals surface area contributed by atoms with Crippen LogP contribution in [0.25, 0.3) is 0 Å². The summed E-state index contributed by atoms with van der Waals surface area (Å²) in [4.78, 5) is 25.9.